The molecule has 0 atom stereocenters. The third-order valence-electron chi connectivity index (χ3n) is 1.61. The number of nitrogens with two attached hydrogens (primary N) is 1. The lowest BCUT2D eigenvalue weighted by Crippen LogP contribution is -1.88. The molecule has 1 aromatic heterocycles. The highest BCUT2D eigenvalue weighted by Crippen LogP contribution is 2.22. The van der Waals surface area contributed by atoms with Crippen molar-refractivity contribution in [2.45, 2.75) is 0 Å². The van der Waals surface area contributed by atoms with E-state index in [9.17, 15) is 0 Å². The van der Waals surface area contributed by atoms with Gasteiger partial charge in [0.15, 0.2) is 0 Å². The van der Waals surface area contributed by atoms with Crippen molar-refractivity contribution in [1.29, 1.82) is 0 Å². The molecule has 1 heterocycles. The van der Waals surface area contributed by atoms with Gasteiger partial charge in [-0.2, -0.15) is 0 Å². The van der Waals surface area contributed by atoms with Gasteiger partial charge in [-0.05, 0) is 6.07 Å². The van der Waals surface area contributed by atoms with E-state index in [-0.39, 0.29) is 0 Å². The lowest BCUT2D eigenvalue weighted by Gasteiger charge is -1.98. The summed E-state index contributed by atoms with van der Waals surface area (Å²) in [5.74, 6) is 0. The number of nitrogens with zero attached hydrogens (tertiary/aromatic N) is 1. The van der Waals surface area contributed by atoms with E-state index in [0.717, 1.165) is 5.56 Å². The fourth-order valence-corrected chi connectivity index (χ4v) is 1.03. The Labute approximate surface area is 69.8 Å². The lowest BCUT2D eigenvalue weighted by molar-refractivity contribution is 0.422. The van der Waals surface area contributed by atoms with Gasteiger partial charge < -0.3 is 10.3 Å². The van der Waals surface area contributed by atoms with Crippen LogP contribution in [0.15, 0.2) is 35.1 Å². The molecule has 12 heavy (non-hydrogen) atoms. The fraction of sp³-hybridized carbons (Fsp3) is 0. The van der Waals surface area contributed by atoms with Gasteiger partial charge in [-0.15, -0.1) is 0 Å². The molecule has 3 nitrogen and oxygen atoms in total. The number of aromatic nitrogens is 1. The smallest absolute Gasteiger partial charge is 0.132 e. The zero-order chi connectivity index (χ0) is 8.39. The molecule has 0 bridgehead atoms. The second kappa shape index (κ2) is 2.70. The van der Waals surface area contributed by atoms with Crippen LogP contribution in [0.1, 0.15) is 0 Å². The van der Waals surface area contributed by atoms with Gasteiger partial charge in [0.2, 0.25) is 0 Å². The van der Waals surface area contributed by atoms with Crippen LogP contribution >= 0.6 is 0 Å². The molecule has 1 radical (unpaired) electrons. The third kappa shape index (κ3) is 1.05. The predicted molar refractivity (Wildman–Crippen MR) is 45.2 cm³/mol. The number of hydrogen-bond acceptors (Lipinski definition) is 3. The first-order valence-corrected chi connectivity index (χ1v) is 3.55. The molecule has 0 unspecified atom stereocenters. The molecule has 3 heteroatoms. The van der Waals surface area contributed by atoms with E-state index in [4.69, 9.17) is 5.73 Å². The van der Waals surface area contributed by atoms with E-state index >= 15 is 0 Å². The largest absolute Gasteiger partial charge is 0.398 e. The summed E-state index contributed by atoms with van der Waals surface area (Å²) in [4.78, 5) is 0. The van der Waals surface area contributed by atoms with Gasteiger partial charge in [-0.25, -0.2) is 0 Å². The summed E-state index contributed by atoms with van der Waals surface area (Å²) in [6, 6.07) is 10.3. The van der Waals surface area contributed by atoms with Crippen LogP contribution in [0.2, 0.25) is 0 Å². The van der Waals surface area contributed by atoms with Crippen molar-refractivity contribution in [2.24, 2.45) is 0 Å². The molecule has 0 spiro atoms. The second-order valence-corrected chi connectivity index (χ2v) is 2.39. The molecule has 2 aromatic rings. The van der Waals surface area contributed by atoms with Gasteiger partial charge in [-0.1, -0.05) is 23.4 Å². The van der Waals surface area contributed by atoms with Crippen molar-refractivity contribution in [3.05, 3.63) is 36.6 Å². The molecular formula is C9H7N2O. The van der Waals surface area contributed by atoms with Crippen molar-refractivity contribution in [3.63, 3.8) is 0 Å². The van der Waals surface area contributed by atoms with E-state index in [0.29, 0.717) is 11.4 Å². The molecule has 0 saturated carbocycles. The average molecular weight is 159 g/mol. The Morgan fingerprint density at radius 1 is 1.33 bits per heavy atom. The van der Waals surface area contributed by atoms with Crippen molar-refractivity contribution >= 4 is 5.69 Å². The first kappa shape index (κ1) is 6.91. The summed E-state index contributed by atoms with van der Waals surface area (Å²) >= 11 is 0. The lowest BCUT2D eigenvalue weighted by atomic mass is 10.1. The van der Waals surface area contributed by atoms with Crippen LogP contribution in [0.25, 0.3) is 11.3 Å². The molecule has 1 aromatic carbocycles. The van der Waals surface area contributed by atoms with E-state index in [2.05, 4.69) is 15.7 Å². The Morgan fingerprint density at radius 3 is 2.83 bits per heavy atom. The minimum atomic E-state index is 0.646. The second-order valence-electron chi connectivity index (χ2n) is 2.39. The number of rotatable bonds is 1. The number of benzene rings is 1. The summed E-state index contributed by atoms with van der Waals surface area (Å²) in [5.41, 5.74) is 7.89. The van der Waals surface area contributed by atoms with Crippen molar-refractivity contribution in [2.75, 3.05) is 5.73 Å². The Balaban J connectivity index is 2.55. The zero-order valence-electron chi connectivity index (χ0n) is 6.32. The van der Waals surface area contributed by atoms with Crippen molar-refractivity contribution < 1.29 is 4.52 Å². The average Bonchev–Trinajstić information content (AvgIpc) is 2.57. The Morgan fingerprint density at radius 2 is 2.17 bits per heavy atom. The van der Waals surface area contributed by atoms with Gasteiger partial charge in [0, 0.05) is 11.3 Å². The van der Waals surface area contributed by atoms with Crippen LogP contribution < -0.4 is 5.73 Å². The minimum absolute atomic E-state index is 0.646. The molecular weight excluding hydrogens is 152 g/mol. The van der Waals surface area contributed by atoms with Crippen molar-refractivity contribution in [1.82, 2.24) is 5.16 Å². The van der Waals surface area contributed by atoms with Crippen LogP contribution in [0.4, 0.5) is 5.69 Å². The number of nitrogen functional groups attached to an aromatic ring is 1. The van der Waals surface area contributed by atoms with Gasteiger partial charge in [0.05, 0.1) is 6.07 Å². The summed E-state index contributed by atoms with van der Waals surface area (Å²) in [6.07, 6.45) is 1.40. The first-order valence-electron chi connectivity index (χ1n) is 3.55. The van der Waals surface area contributed by atoms with Crippen molar-refractivity contribution in [3.8, 4) is 11.3 Å². The van der Waals surface area contributed by atoms with E-state index in [1.165, 1.54) is 6.26 Å². The van der Waals surface area contributed by atoms with Crippen LogP contribution in [0.3, 0.4) is 0 Å². The molecule has 0 aliphatic heterocycles. The van der Waals surface area contributed by atoms with E-state index in [1.54, 1.807) is 0 Å². The van der Waals surface area contributed by atoms with Gasteiger partial charge in [0.1, 0.15) is 12.0 Å². The van der Waals surface area contributed by atoms with E-state index in [1.807, 2.05) is 24.3 Å². The maximum atomic E-state index is 5.71. The van der Waals surface area contributed by atoms with Crippen LogP contribution in [-0.4, -0.2) is 5.16 Å². The number of hydrogen-bond donors (Lipinski definition) is 1. The Kier molecular flexibility index (Phi) is 1.55. The molecule has 59 valence electrons. The topological polar surface area (TPSA) is 52.0 Å². The fourth-order valence-electron chi connectivity index (χ4n) is 1.03. The molecule has 0 saturated heterocycles. The molecule has 0 aliphatic carbocycles. The molecule has 0 amide bonds. The van der Waals surface area contributed by atoms with Crippen LogP contribution in [-0.2, 0) is 0 Å². The van der Waals surface area contributed by atoms with Crippen LogP contribution in [0.5, 0.6) is 0 Å². The zero-order valence-corrected chi connectivity index (χ0v) is 6.32. The summed E-state index contributed by atoms with van der Waals surface area (Å²) < 4.78 is 4.66. The quantitative estimate of drug-likeness (QED) is 0.644. The summed E-state index contributed by atoms with van der Waals surface area (Å²) in [7, 11) is 0. The number of para-hydroxylation sites is 1. The summed E-state index contributed by atoms with van der Waals surface area (Å²) in [5, 5.41) is 3.74. The SMILES string of the molecule is Nc1ccccc1-c1[c]con1. The summed E-state index contributed by atoms with van der Waals surface area (Å²) in [6.45, 7) is 0. The molecule has 0 aliphatic rings. The van der Waals surface area contributed by atoms with E-state index < -0.39 is 0 Å². The Bertz CT molecular complexity index is 368. The predicted octanol–water partition coefficient (Wildman–Crippen LogP) is 1.72. The van der Waals surface area contributed by atoms with Gasteiger partial charge in [0.25, 0.3) is 0 Å². The standard InChI is InChI=1S/C9H7N2O/c10-8-4-2-1-3-7(8)9-5-6-12-11-9/h1-4,6H,10H2. The molecule has 0 fully saturated rings. The minimum Gasteiger partial charge on any atom is -0.398 e. The van der Waals surface area contributed by atoms with Gasteiger partial charge in [-0.3, -0.25) is 0 Å². The molecule has 2 rings (SSSR count). The monoisotopic (exact) mass is 159 g/mol. The highest BCUT2D eigenvalue weighted by Gasteiger charge is 2.03. The maximum absolute atomic E-state index is 5.71. The molecule has 2 N–H and O–H groups in total. The number of anilines is 1. The van der Waals surface area contributed by atoms with Gasteiger partial charge >= 0.3 is 0 Å². The van der Waals surface area contributed by atoms with Crippen LogP contribution in [0, 0.1) is 6.07 Å². The highest BCUT2D eigenvalue weighted by atomic mass is 16.5. The highest BCUT2D eigenvalue weighted by molar-refractivity contribution is 5.72. The normalized spacial score (nSPS) is 10.0. The first-order chi connectivity index (χ1) is 5.88. The maximum Gasteiger partial charge on any atom is 0.132 e. The Hall–Kier alpha value is -1.77. The third-order valence-corrected chi connectivity index (χ3v) is 1.61.